The number of nitrogens with one attached hydrogen (secondary N) is 1. The summed E-state index contributed by atoms with van der Waals surface area (Å²) in [5.74, 6) is 0.285. The van der Waals surface area contributed by atoms with Gasteiger partial charge in [-0.1, -0.05) is 6.92 Å². The lowest BCUT2D eigenvalue weighted by Gasteiger charge is -2.09. The number of halogens is 1. The molecule has 1 unspecified atom stereocenters. The first-order valence-corrected chi connectivity index (χ1v) is 5.11. The molecular formula is C9H12BrN3O. The van der Waals surface area contributed by atoms with Gasteiger partial charge in [-0.2, -0.15) is 0 Å². The summed E-state index contributed by atoms with van der Waals surface area (Å²) >= 11 is 3.28. The van der Waals surface area contributed by atoms with Crippen LogP contribution >= 0.6 is 15.9 Å². The Kier molecular flexibility index (Phi) is 4.03. The number of pyridine rings is 1. The standard InChI is InChI=1S/C9H12BrN3O/c1-2-7(11)9(14)13-8-6(10)4-3-5-12-8/h3-5,7H,2,11H2,1H3,(H,12,13,14). The van der Waals surface area contributed by atoms with E-state index in [1.807, 2.05) is 6.92 Å². The fraction of sp³-hybridized carbons (Fsp3) is 0.333. The van der Waals surface area contributed by atoms with Crippen LogP contribution in [0.25, 0.3) is 0 Å². The molecule has 3 N–H and O–H groups in total. The third-order valence-electron chi connectivity index (χ3n) is 1.78. The minimum Gasteiger partial charge on any atom is -0.320 e. The van der Waals surface area contributed by atoms with E-state index in [9.17, 15) is 4.79 Å². The Balaban J connectivity index is 2.70. The Morgan fingerprint density at radius 2 is 2.50 bits per heavy atom. The van der Waals surface area contributed by atoms with Crippen LogP contribution in [-0.4, -0.2) is 16.9 Å². The molecule has 1 amide bonds. The fourth-order valence-corrected chi connectivity index (χ4v) is 1.23. The average Bonchev–Trinajstić information content (AvgIpc) is 2.20. The lowest BCUT2D eigenvalue weighted by molar-refractivity contribution is -0.117. The topological polar surface area (TPSA) is 68.0 Å². The molecule has 0 spiro atoms. The molecule has 5 heteroatoms. The van der Waals surface area contributed by atoms with Crippen LogP contribution in [0.1, 0.15) is 13.3 Å². The minimum absolute atomic E-state index is 0.216. The second kappa shape index (κ2) is 5.07. The highest BCUT2D eigenvalue weighted by atomic mass is 79.9. The van der Waals surface area contributed by atoms with Crippen molar-refractivity contribution in [2.45, 2.75) is 19.4 Å². The van der Waals surface area contributed by atoms with Crippen molar-refractivity contribution in [2.75, 3.05) is 5.32 Å². The zero-order valence-electron chi connectivity index (χ0n) is 7.83. The molecule has 0 radical (unpaired) electrons. The van der Waals surface area contributed by atoms with Crippen molar-refractivity contribution >= 4 is 27.7 Å². The maximum absolute atomic E-state index is 11.4. The Hall–Kier alpha value is -0.940. The van der Waals surface area contributed by atoms with Gasteiger partial charge in [-0.05, 0) is 34.5 Å². The Bertz CT molecular complexity index is 330. The highest BCUT2D eigenvalue weighted by Gasteiger charge is 2.12. The SMILES string of the molecule is CCC(N)C(=O)Nc1ncccc1Br. The number of carbonyl (C=O) groups excluding carboxylic acids is 1. The first kappa shape index (κ1) is 11.1. The van der Waals surface area contributed by atoms with Crippen molar-refractivity contribution in [1.82, 2.24) is 4.98 Å². The normalized spacial score (nSPS) is 12.2. The fourth-order valence-electron chi connectivity index (χ4n) is 0.872. The van der Waals surface area contributed by atoms with Crippen molar-refractivity contribution in [3.63, 3.8) is 0 Å². The molecule has 1 rings (SSSR count). The van der Waals surface area contributed by atoms with E-state index in [1.54, 1.807) is 18.3 Å². The molecule has 0 saturated carbocycles. The summed E-state index contributed by atoms with van der Waals surface area (Å²) in [5, 5.41) is 2.64. The summed E-state index contributed by atoms with van der Waals surface area (Å²) in [6.45, 7) is 1.86. The van der Waals surface area contributed by atoms with Gasteiger partial charge in [0.1, 0.15) is 5.82 Å². The predicted molar refractivity (Wildman–Crippen MR) is 58.8 cm³/mol. The van der Waals surface area contributed by atoms with Crippen molar-refractivity contribution in [3.8, 4) is 0 Å². The zero-order valence-corrected chi connectivity index (χ0v) is 9.41. The molecule has 0 aromatic carbocycles. The molecule has 0 bridgehead atoms. The van der Waals surface area contributed by atoms with Gasteiger partial charge in [-0.25, -0.2) is 4.98 Å². The second-order valence-corrected chi connectivity index (χ2v) is 3.69. The molecule has 1 atom stereocenters. The van der Waals surface area contributed by atoms with Crippen LogP contribution in [0.4, 0.5) is 5.82 Å². The predicted octanol–water partition coefficient (Wildman–Crippen LogP) is 1.52. The van der Waals surface area contributed by atoms with Crippen molar-refractivity contribution in [1.29, 1.82) is 0 Å². The number of nitrogens with zero attached hydrogens (tertiary/aromatic N) is 1. The van der Waals surface area contributed by atoms with E-state index in [-0.39, 0.29) is 5.91 Å². The molecule has 76 valence electrons. The number of amides is 1. The highest BCUT2D eigenvalue weighted by Crippen LogP contribution is 2.18. The number of carbonyl (C=O) groups is 1. The number of nitrogens with two attached hydrogens (primary N) is 1. The summed E-state index contributed by atoms with van der Waals surface area (Å²) < 4.78 is 0.747. The summed E-state index contributed by atoms with van der Waals surface area (Å²) in [4.78, 5) is 15.4. The minimum atomic E-state index is -0.482. The number of aromatic nitrogens is 1. The third kappa shape index (κ3) is 2.78. The van der Waals surface area contributed by atoms with Crippen LogP contribution in [0.3, 0.4) is 0 Å². The van der Waals surface area contributed by atoms with E-state index in [1.165, 1.54) is 0 Å². The van der Waals surface area contributed by atoms with E-state index in [2.05, 4.69) is 26.2 Å². The van der Waals surface area contributed by atoms with Gasteiger partial charge in [-0.15, -0.1) is 0 Å². The number of hydrogen-bond acceptors (Lipinski definition) is 3. The molecule has 0 aliphatic rings. The molecular weight excluding hydrogens is 246 g/mol. The molecule has 1 aromatic rings. The van der Waals surface area contributed by atoms with E-state index in [0.717, 1.165) is 4.47 Å². The highest BCUT2D eigenvalue weighted by molar-refractivity contribution is 9.10. The quantitative estimate of drug-likeness (QED) is 0.863. The van der Waals surface area contributed by atoms with Gasteiger partial charge >= 0.3 is 0 Å². The van der Waals surface area contributed by atoms with E-state index in [0.29, 0.717) is 12.2 Å². The van der Waals surface area contributed by atoms with E-state index < -0.39 is 6.04 Å². The second-order valence-electron chi connectivity index (χ2n) is 2.84. The lowest BCUT2D eigenvalue weighted by Crippen LogP contribution is -2.35. The van der Waals surface area contributed by atoms with Gasteiger partial charge in [0, 0.05) is 6.20 Å². The number of anilines is 1. The van der Waals surface area contributed by atoms with Crippen LogP contribution in [0.5, 0.6) is 0 Å². The first-order chi connectivity index (χ1) is 6.65. The molecule has 0 aliphatic heterocycles. The van der Waals surface area contributed by atoms with Crippen LogP contribution in [0.15, 0.2) is 22.8 Å². The van der Waals surface area contributed by atoms with Crippen LogP contribution in [0, 0.1) is 0 Å². The van der Waals surface area contributed by atoms with Crippen LogP contribution < -0.4 is 11.1 Å². The van der Waals surface area contributed by atoms with Crippen LogP contribution in [0.2, 0.25) is 0 Å². The summed E-state index contributed by atoms with van der Waals surface area (Å²) in [6, 6.07) is 3.10. The molecule has 4 nitrogen and oxygen atoms in total. The van der Waals surface area contributed by atoms with E-state index in [4.69, 9.17) is 5.73 Å². The van der Waals surface area contributed by atoms with Gasteiger partial charge < -0.3 is 11.1 Å². The van der Waals surface area contributed by atoms with Crippen molar-refractivity contribution in [2.24, 2.45) is 5.73 Å². The largest absolute Gasteiger partial charge is 0.320 e. The monoisotopic (exact) mass is 257 g/mol. The van der Waals surface area contributed by atoms with Gasteiger partial charge in [0.2, 0.25) is 5.91 Å². The van der Waals surface area contributed by atoms with Crippen LogP contribution in [-0.2, 0) is 4.79 Å². The lowest BCUT2D eigenvalue weighted by atomic mass is 10.2. The number of hydrogen-bond donors (Lipinski definition) is 2. The van der Waals surface area contributed by atoms with Gasteiger partial charge in [0.15, 0.2) is 0 Å². The van der Waals surface area contributed by atoms with Gasteiger partial charge in [0.05, 0.1) is 10.5 Å². The third-order valence-corrected chi connectivity index (χ3v) is 2.42. The molecule has 0 fully saturated rings. The maximum Gasteiger partial charge on any atom is 0.242 e. The molecule has 0 aliphatic carbocycles. The van der Waals surface area contributed by atoms with Crippen molar-refractivity contribution < 1.29 is 4.79 Å². The Morgan fingerprint density at radius 3 is 3.07 bits per heavy atom. The van der Waals surface area contributed by atoms with E-state index >= 15 is 0 Å². The molecule has 0 saturated heterocycles. The summed E-state index contributed by atoms with van der Waals surface area (Å²) in [5.41, 5.74) is 5.56. The maximum atomic E-state index is 11.4. The average molecular weight is 258 g/mol. The Morgan fingerprint density at radius 1 is 1.79 bits per heavy atom. The van der Waals surface area contributed by atoms with Gasteiger partial charge in [-0.3, -0.25) is 4.79 Å². The first-order valence-electron chi connectivity index (χ1n) is 4.32. The molecule has 14 heavy (non-hydrogen) atoms. The van der Waals surface area contributed by atoms with Gasteiger partial charge in [0.25, 0.3) is 0 Å². The number of rotatable bonds is 3. The zero-order chi connectivity index (χ0) is 10.6. The smallest absolute Gasteiger partial charge is 0.242 e. The molecule has 1 aromatic heterocycles. The Labute approximate surface area is 91.0 Å². The van der Waals surface area contributed by atoms with Crippen molar-refractivity contribution in [3.05, 3.63) is 22.8 Å². The summed E-state index contributed by atoms with van der Waals surface area (Å²) in [7, 11) is 0. The summed E-state index contributed by atoms with van der Waals surface area (Å²) in [6.07, 6.45) is 2.22. The molecule has 1 heterocycles.